The summed E-state index contributed by atoms with van der Waals surface area (Å²) in [6.07, 6.45) is 18.1. The number of amides is 2. The molecule has 0 radical (unpaired) electrons. The Balaban J connectivity index is 0.000000135. The molecule has 4 N–H and O–H groups in total. The van der Waals surface area contributed by atoms with E-state index < -0.39 is 17.9 Å². The summed E-state index contributed by atoms with van der Waals surface area (Å²) in [7, 11) is 4.10. The smallest absolute Gasteiger partial charge is 0.352 e. The first-order valence-corrected chi connectivity index (χ1v) is 38.3. The van der Waals surface area contributed by atoms with Gasteiger partial charge in [0.25, 0.3) is 11.8 Å². The molecule has 12 aromatic rings. The molecular weight excluding hydrogens is 1380 g/mol. The molecule has 562 valence electrons. The monoisotopic (exact) mass is 1480 g/mol. The second kappa shape index (κ2) is 35.0. The first kappa shape index (κ1) is 78.6. The number of aryl methyl sites for hydroxylation is 3. The zero-order valence-corrected chi connectivity index (χ0v) is 65.3. The Labute approximate surface area is 642 Å². The summed E-state index contributed by atoms with van der Waals surface area (Å²) in [6, 6.07) is 47.4. The van der Waals surface area contributed by atoms with Crippen LogP contribution in [0.15, 0.2) is 199 Å². The van der Waals surface area contributed by atoms with E-state index in [2.05, 4.69) is 155 Å². The highest BCUT2D eigenvalue weighted by molar-refractivity contribution is 7.09. The zero-order valence-electron chi connectivity index (χ0n) is 64.5. The number of hydrogen-bond acceptors (Lipinski definition) is 10. The first-order valence-electron chi connectivity index (χ1n) is 37.4. The minimum Gasteiger partial charge on any atom is -0.489 e. The van der Waals surface area contributed by atoms with Crippen molar-refractivity contribution in [2.24, 2.45) is 14.1 Å². The van der Waals surface area contributed by atoms with Crippen molar-refractivity contribution in [3.8, 4) is 5.75 Å². The van der Waals surface area contributed by atoms with Gasteiger partial charge in [-0.25, -0.2) is 19.4 Å². The highest BCUT2D eigenvalue weighted by Crippen LogP contribution is 2.44. The maximum atomic E-state index is 12.5. The number of nitrogens with one attached hydrogen (secondary N) is 1. The van der Waals surface area contributed by atoms with Gasteiger partial charge < -0.3 is 44.0 Å². The lowest BCUT2D eigenvalue weighted by Gasteiger charge is -2.20. The Bertz CT molecular complexity index is 5330. The second-order valence-electron chi connectivity index (χ2n) is 29.8. The van der Waals surface area contributed by atoms with Crippen molar-refractivity contribution >= 4 is 91.6 Å². The molecule has 2 aliphatic carbocycles. The second-order valence-corrected chi connectivity index (χ2v) is 30.8. The van der Waals surface area contributed by atoms with Crippen LogP contribution in [-0.4, -0.2) is 91.7 Å². The van der Waals surface area contributed by atoms with Crippen molar-refractivity contribution in [3.63, 3.8) is 0 Å². The number of carbonyl (C=O) groups excluding carboxylic acids is 2. The van der Waals surface area contributed by atoms with Crippen molar-refractivity contribution in [1.29, 1.82) is 0 Å². The molecule has 6 aromatic carbocycles. The quantitative estimate of drug-likeness (QED) is 0.0630. The number of para-hydroxylation sites is 1. The van der Waals surface area contributed by atoms with Crippen LogP contribution < -0.4 is 10.1 Å². The Morgan fingerprint density at radius 3 is 1.84 bits per heavy atom. The van der Waals surface area contributed by atoms with Gasteiger partial charge in [-0.1, -0.05) is 142 Å². The van der Waals surface area contributed by atoms with E-state index in [0.29, 0.717) is 83.7 Å². The van der Waals surface area contributed by atoms with E-state index in [-0.39, 0.29) is 17.7 Å². The zero-order chi connectivity index (χ0) is 77.9. The van der Waals surface area contributed by atoms with Crippen LogP contribution >= 0.6 is 11.3 Å². The minimum absolute atomic E-state index is 0.117. The molecule has 1 aliphatic heterocycles. The number of fused-ring (bicyclic) bond motifs is 5. The van der Waals surface area contributed by atoms with Gasteiger partial charge in [-0.3, -0.25) is 19.6 Å². The van der Waals surface area contributed by atoms with Gasteiger partial charge in [0.05, 0.1) is 23.9 Å². The van der Waals surface area contributed by atoms with Gasteiger partial charge >= 0.3 is 17.9 Å². The van der Waals surface area contributed by atoms with E-state index in [0.717, 1.165) is 109 Å². The predicted octanol–water partition coefficient (Wildman–Crippen LogP) is 20.2. The number of benzene rings is 6. The van der Waals surface area contributed by atoms with Crippen molar-refractivity contribution < 1.29 is 44.0 Å². The Hall–Kier alpha value is -11.5. The lowest BCUT2D eigenvalue weighted by atomic mass is 9.83. The van der Waals surface area contributed by atoms with Crippen LogP contribution in [0.4, 0.5) is 5.69 Å². The molecule has 15 rings (SSSR count). The number of likely N-dealkylation sites (tertiary alicyclic amines) is 1. The highest BCUT2D eigenvalue weighted by atomic mass is 32.1. The molecule has 1 unspecified atom stereocenters. The third kappa shape index (κ3) is 18.6. The van der Waals surface area contributed by atoms with Crippen molar-refractivity contribution in [1.82, 2.24) is 33.6 Å². The van der Waals surface area contributed by atoms with Crippen LogP contribution in [0.25, 0.3) is 44.9 Å². The molecule has 2 amide bonds. The fourth-order valence-electron chi connectivity index (χ4n) is 14.7. The summed E-state index contributed by atoms with van der Waals surface area (Å²) < 4.78 is 12.1. The molecule has 6 aromatic heterocycles. The maximum Gasteiger partial charge on any atom is 0.352 e. The van der Waals surface area contributed by atoms with Gasteiger partial charge in [0.1, 0.15) is 23.1 Å². The van der Waals surface area contributed by atoms with E-state index in [4.69, 9.17) is 4.74 Å². The SMILES string of the molecule is CC(C)c1cc(OCc2ccccc2)cc2c1C=C(C(=O)O)C2.CC(C)c1cccc2cc(C(=O)O)n(Cc3nccs3)c12.CC(C)c1cn(C)c2ccc(C(=O)N3CCCC3)cc12.CC(C)c1cn(C)c2ccc(C(=O)Nc3cccnc3)cc12.Cc1cc2c(c(C(C)C)c1)C(Cc1ccccn1)C(C(=O)O)=C2. The number of pyridine rings is 2. The summed E-state index contributed by atoms with van der Waals surface area (Å²) in [5.41, 5.74) is 20.4. The molecule has 7 heterocycles. The van der Waals surface area contributed by atoms with Gasteiger partial charge in [0.2, 0.25) is 0 Å². The fourth-order valence-corrected chi connectivity index (χ4v) is 15.3. The number of thiazole rings is 1. The summed E-state index contributed by atoms with van der Waals surface area (Å²) >= 11 is 1.54. The maximum absolute atomic E-state index is 12.5. The van der Waals surface area contributed by atoms with Crippen LogP contribution in [0.2, 0.25) is 0 Å². The van der Waals surface area contributed by atoms with Crippen molar-refractivity contribution in [2.75, 3.05) is 18.4 Å². The number of aliphatic carboxylic acids is 2. The largest absolute Gasteiger partial charge is 0.489 e. The van der Waals surface area contributed by atoms with Crippen LogP contribution in [0.5, 0.6) is 5.75 Å². The average molecular weight is 1480 g/mol. The van der Waals surface area contributed by atoms with Crippen molar-refractivity contribution in [3.05, 3.63) is 288 Å². The Kier molecular flexibility index (Phi) is 25.3. The van der Waals surface area contributed by atoms with Gasteiger partial charge in [-0.2, -0.15) is 0 Å². The number of anilines is 1. The summed E-state index contributed by atoms with van der Waals surface area (Å²) in [5, 5.41) is 37.4. The van der Waals surface area contributed by atoms with Gasteiger partial charge in [-0.15, -0.1) is 11.3 Å². The molecule has 1 atom stereocenters. The van der Waals surface area contributed by atoms with Gasteiger partial charge in [-0.05, 0) is 196 Å². The van der Waals surface area contributed by atoms with Crippen LogP contribution in [0.3, 0.4) is 0 Å². The molecule has 3 aliphatic rings. The molecular formula is C91H98N8O9S. The average Bonchev–Trinajstić information content (AvgIpc) is 1.24. The molecule has 1 saturated heterocycles. The number of aromatic nitrogens is 6. The lowest BCUT2D eigenvalue weighted by Crippen LogP contribution is -2.27. The van der Waals surface area contributed by atoms with Crippen LogP contribution in [-0.2, 0) is 49.7 Å². The van der Waals surface area contributed by atoms with Gasteiger partial charge in [0, 0.05) is 137 Å². The Morgan fingerprint density at radius 1 is 0.606 bits per heavy atom. The number of hydrogen-bond donors (Lipinski definition) is 4. The first-order chi connectivity index (χ1) is 52.2. The van der Waals surface area contributed by atoms with E-state index >= 15 is 0 Å². The van der Waals surface area contributed by atoms with Crippen LogP contribution in [0.1, 0.15) is 221 Å². The molecule has 0 saturated carbocycles. The Morgan fingerprint density at radius 2 is 1.26 bits per heavy atom. The molecule has 18 heteroatoms. The molecule has 0 bridgehead atoms. The number of aromatic carboxylic acids is 1. The number of carboxylic acid groups (broad SMARTS) is 3. The number of ether oxygens (including phenoxy) is 1. The number of carbonyl (C=O) groups is 5. The normalized spacial score (nSPS) is 13.4. The number of rotatable bonds is 18. The lowest BCUT2D eigenvalue weighted by molar-refractivity contribution is -0.133. The highest BCUT2D eigenvalue weighted by Gasteiger charge is 2.33. The predicted molar refractivity (Wildman–Crippen MR) is 438 cm³/mol. The molecule has 17 nitrogen and oxygen atoms in total. The third-order valence-electron chi connectivity index (χ3n) is 20.2. The van der Waals surface area contributed by atoms with Gasteiger partial charge in [0.15, 0.2) is 0 Å². The van der Waals surface area contributed by atoms with Crippen LogP contribution in [0, 0.1) is 6.92 Å². The third-order valence-corrected chi connectivity index (χ3v) is 21.0. The minimum atomic E-state index is -0.905. The molecule has 0 spiro atoms. The number of nitrogens with zero attached hydrogens (tertiary/aromatic N) is 7. The van der Waals surface area contributed by atoms with E-state index in [1.54, 1.807) is 43.0 Å². The standard InChI is InChI=1S/C20H21NO2.C20H20O3.C18H19N3O.C17H22N2O.C16H16N2O2S/c1-12(2)16-9-13(3)8-14-10-18(20(22)23)17(19(14)16)11-15-6-4-5-7-21-15;1-13(2)18-11-17(23-12-14-6-4-3-5-7-14)9-15-8-16(20(21)22)10-19(15)18;1-12(2)16-11-21(3)17-7-6-13(9-15(16)17)18(22)20-14-5-4-8-19-10-14;1-12(2)15-11-18(3)16-7-6-13(10-14(15)16)17(20)19-8-4-5-9-19;1-10(2)12-5-3-4-11-8-13(16(19)20)18(15(11)12)9-14-17-6-7-21-14/h4-10,12,17H,11H2,1-3H3,(H,22,23);3-7,9-11,13H,8,12H2,1-2H3,(H,21,22);4-12H,1-3H3,(H,20,22);6-7,10-12H,4-5,8-9H2,1-3H3;3-8,10H,9H2,1-2H3,(H,19,20). The molecule has 109 heavy (non-hydrogen) atoms. The summed E-state index contributed by atoms with van der Waals surface area (Å²) in [6.45, 7) is 26.4. The fraction of sp³-hybridized carbons (Fsp3) is 0.297. The van der Waals surface area contributed by atoms with E-state index in [1.807, 2.05) is 131 Å². The molecule has 1 fully saturated rings. The van der Waals surface area contributed by atoms with Crippen molar-refractivity contribution in [2.45, 2.75) is 151 Å². The summed E-state index contributed by atoms with van der Waals surface area (Å²) in [5.74, 6) is 0.0408. The topological polar surface area (TPSA) is 224 Å². The summed E-state index contributed by atoms with van der Waals surface area (Å²) in [4.78, 5) is 74.1. The van der Waals surface area contributed by atoms with E-state index in [9.17, 15) is 39.3 Å². The van der Waals surface area contributed by atoms with E-state index in [1.165, 1.54) is 44.5 Å². The number of carboxylic acids is 3.